The summed E-state index contributed by atoms with van der Waals surface area (Å²) in [6.07, 6.45) is 1.54. The fraction of sp³-hybridized carbons (Fsp3) is 0.308. The molecule has 86 valence electrons. The highest BCUT2D eigenvalue weighted by atomic mass is 32.2. The molecule has 1 aromatic rings. The summed E-state index contributed by atoms with van der Waals surface area (Å²) in [6, 6.07) is 10.1. The number of ether oxygens (including phenoxy) is 1. The van der Waals surface area contributed by atoms with Gasteiger partial charge in [-0.25, -0.2) is 4.79 Å². The van der Waals surface area contributed by atoms with E-state index in [4.69, 9.17) is 0 Å². The molecule has 0 radical (unpaired) electrons. The van der Waals surface area contributed by atoms with Crippen molar-refractivity contribution < 1.29 is 9.53 Å². The molecule has 0 aliphatic carbocycles. The second-order valence-corrected chi connectivity index (χ2v) is 4.90. The molecular weight excluding hydrogens is 220 g/mol. The Bertz CT molecular complexity index is 371. The lowest BCUT2D eigenvalue weighted by Gasteiger charge is -2.11. The molecule has 0 heterocycles. The first-order chi connectivity index (χ1) is 7.63. The highest BCUT2D eigenvalue weighted by Gasteiger charge is 2.08. The number of benzene rings is 1. The molecule has 0 N–H and O–H groups in total. The van der Waals surface area contributed by atoms with Crippen molar-refractivity contribution in [2.24, 2.45) is 0 Å². The molecule has 0 saturated carbocycles. The number of thioether (sulfide) groups is 1. The summed E-state index contributed by atoms with van der Waals surface area (Å²) < 4.78 is 4.60. The summed E-state index contributed by atoms with van der Waals surface area (Å²) >= 11 is 1.73. The molecule has 0 aromatic heterocycles. The second-order valence-electron chi connectivity index (χ2n) is 3.48. The highest BCUT2D eigenvalue weighted by molar-refractivity contribution is 8.00. The SMILES string of the molecule is COC(=O)C=C(C)C(C)Sc1ccccc1. The van der Waals surface area contributed by atoms with E-state index in [1.165, 1.54) is 12.0 Å². The summed E-state index contributed by atoms with van der Waals surface area (Å²) in [5.41, 5.74) is 1.01. The minimum absolute atomic E-state index is 0.265. The lowest BCUT2D eigenvalue weighted by molar-refractivity contribution is -0.134. The molecule has 1 unspecified atom stereocenters. The van der Waals surface area contributed by atoms with Crippen LogP contribution in [0.4, 0.5) is 0 Å². The Balaban J connectivity index is 2.62. The van der Waals surface area contributed by atoms with E-state index < -0.39 is 0 Å². The molecule has 0 fully saturated rings. The first kappa shape index (κ1) is 12.8. The lowest BCUT2D eigenvalue weighted by atomic mass is 10.2. The van der Waals surface area contributed by atoms with Crippen molar-refractivity contribution >= 4 is 17.7 Å². The van der Waals surface area contributed by atoms with Gasteiger partial charge in [0.05, 0.1) is 7.11 Å². The van der Waals surface area contributed by atoms with Crippen molar-refractivity contribution in [2.75, 3.05) is 7.11 Å². The Morgan fingerprint density at radius 3 is 2.56 bits per heavy atom. The Morgan fingerprint density at radius 2 is 2.00 bits per heavy atom. The van der Waals surface area contributed by atoms with Crippen molar-refractivity contribution in [3.8, 4) is 0 Å². The largest absolute Gasteiger partial charge is 0.466 e. The Hall–Kier alpha value is -1.22. The van der Waals surface area contributed by atoms with E-state index in [0.717, 1.165) is 5.57 Å². The van der Waals surface area contributed by atoms with Gasteiger partial charge in [-0.05, 0) is 26.0 Å². The van der Waals surface area contributed by atoms with Gasteiger partial charge in [0.15, 0.2) is 0 Å². The summed E-state index contributed by atoms with van der Waals surface area (Å²) in [5, 5.41) is 0.265. The van der Waals surface area contributed by atoms with Gasteiger partial charge in [-0.15, -0.1) is 11.8 Å². The first-order valence-corrected chi connectivity index (χ1v) is 5.99. The van der Waals surface area contributed by atoms with Crippen molar-refractivity contribution in [2.45, 2.75) is 24.0 Å². The fourth-order valence-corrected chi connectivity index (χ4v) is 2.13. The van der Waals surface area contributed by atoms with Gasteiger partial charge >= 0.3 is 5.97 Å². The zero-order valence-corrected chi connectivity index (χ0v) is 10.6. The van der Waals surface area contributed by atoms with Crippen LogP contribution in [-0.4, -0.2) is 18.3 Å². The van der Waals surface area contributed by atoms with Crippen LogP contribution < -0.4 is 0 Å². The van der Waals surface area contributed by atoms with Crippen LogP contribution in [0.3, 0.4) is 0 Å². The van der Waals surface area contributed by atoms with Crippen LogP contribution in [0.1, 0.15) is 13.8 Å². The van der Waals surface area contributed by atoms with E-state index in [0.29, 0.717) is 0 Å². The average Bonchev–Trinajstić information content (AvgIpc) is 2.30. The third kappa shape index (κ3) is 4.11. The molecular formula is C13H16O2S. The first-order valence-electron chi connectivity index (χ1n) is 5.11. The summed E-state index contributed by atoms with van der Waals surface area (Å²) in [6.45, 7) is 4.02. The molecule has 0 spiro atoms. The number of rotatable bonds is 4. The van der Waals surface area contributed by atoms with Crippen molar-refractivity contribution in [3.05, 3.63) is 42.0 Å². The molecule has 0 amide bonds. The van der Waals surface area contributed by atoms with Crippen LogP contribution in [0, 0.1) is 0 Å². The van der Waals surface area contributed by atoms with Crippen molar-refractivity contribution in [1.29, 1.82) is 0 Å². The number of hydrogen-bond donors (Lipinski definition) is 0. The lowest BCUT2D eigenvalue weighted by Crippen LogP contribution is -2.03. The summed E-state index contributed by atoms with van der Waals surface area (Å²) in [7, 11) is 1.39. The van der Waals surface area contributed by atoms with E-state index >= 15 is 0 Å². The zero-order chi connectivity index (χ0) is 12.0. The van der Waals surface area contributed by atoms with Crippen LogP contribution in [0.5, 0.6) is 0 Å². The van der Waals surface area contributed by atoms with E-state index in [2.05, 4.69) is 23.8 Å². The quantitative estimate of drug-likeness (QED) is 0.456. The summed E-state index contributed by atoms with van der Waals surface area (Å²) in [5.74, 6) is -0.294. The highest BCUT2D eigenvalue weighted by Crippen LogP contribution is 2.27. The van der Waals surface area contributed by atoms with Gasteiger partial charge < -0.3 is 4.74 Å². The standard InChI is InChI=1S/C13H16O2S/c1-10(9-13(14)15-3)11(2)16-12-7-5-4-6-8-12/h4-9,11H,1-3H3. The van der Waals surface area contributed by atoms with Gasteiger partial charge in [0.1, 0.15) is 0 Å². The molecule has 3 heteroatoms. The number of esters is 1. The summed E-state index contributed by atoms with van der Waals surface area (Å²) in [4.78, 5) is 12.3. The molecule has 16 heavy (non-hydrogen) atoms. The van der Waals surface area contributed by atoms with E-state index in [1.54, 1.807) is 17.8 Å². The van der Waals surface area contributed by atoms with E-state index in [9.17, 15) is 4.79 Å². The molecule has 1 atom stereocenters. The normalized spacial score (nSPS) is 13.3. The minimum atomic E-state index is -0.294. The second kappa shape index (κ2) is 6.38. The number of methoxy groups -OCH3 is 1. The number of hydrogen-bond acceptors (Lipinski definition) is 3. The Morgan fingerprint density at radius 1 is 1.38 bits per heavy atom. The molecule has 1 aromatic carbocycles. The maximum atomic E-state index is 11.1. The molecule has 0 bridgehead atoms. The fourth-order valence-electron chi connectivity index (χ4n) is 1.16. The van der Waals surface area contributed by atoms with Gasteiger partial charge in [-0.3, -0.25) is 0 Å². The van der Waals surface area contributed by atoms with Crippen molar-refractivity contribution in [1.82, 2.24) is 0 Å². The minimum Gasteiger partial charge on any atom is -0.466 e. The van der Waals surface area contributed by atoms with Gasteiger partial charge in [-0.2, -0.15) is 0 Å². The van der Waals surface area contributed by atoms with Crippen LogP contribution in [-0.2, 0) is 9.53 Å². The van der Waals surface area contributed by atoms with Crippen LogP contribution in [0.2, 0.25) is 0 Å². The predicted octanol–water partition coefficient (Wildman–Crippen LogP) is 3.29. The molecule has 0 saturated heterocycles. The molecule has 0 aliphatic rings. The Labute approximate surface area is 101 Å². The monoisotopic (exact) mass is 236 g/mol. The van der Waals surface area contributed by atoms with Gasteiger partial charge in [0.25, 0.3) is 0 Å². The van der Waals surface area contributed by atoms with E-state index in [-0.39, 0.29) is 11.2 Å². The number of carbonyl (C=O) groups excluding carboxylic acids is 1. The third-order valence-electron chi connectivity index (χ3n) is 2.24. The topological polar surface area (TPSA) is 26.3 Å². The maximum absolute atomic E-state index is 11.1. The van der Waals surface area contributed by atoms with Gasteiger partial charge in [0.2, 0.25) is 0 Å². The van der Waals surface area contributed by atoms with E-state index in [1.807, 2.05) is 25.1 Å². The molecule has 1 rings (SSSR count). The predicted molar refractivity (Wildman–Crippen MR) is 67.5 cm³/mol. The van der Waals surface area contributed by atoms with Gasteiger partial charge in [-0.1, -0.05) is 23.8 Å². The van der Waals surface area contributed by atoms with Crippen LogP contribution in [0.15, 0.2) is 46.9 Å². The molecule has 0 aliphatic heterocycles. The van der Waals surface area contributed by atoms with Crippen LogP contribution in [0.25, 0.3) is 0 Å². The smallest absolute Gasteiger partial charge is 0.330 e. The average molecular weight is 236 g/mol. The van der Waals surface area contributed by atoms with Crippen molar-refractivity contribution in [3.63, 3.8) is 0 Å². The maximum Gasteiger partial charge on any atom is 0.330 e. The zero-order valence-electron chi connectivity index (χ0n) is 9.77. The molecule has 2 nitrogen and oxygen atoms in total. The third-order valence-corrected chi connectivity index (χ3v) is 3.51. The number of carbonyl (C=O) groups is 1. The van der Waals surface area contributed by atoms with Gasteiger partial charge in [0, 0.05) is 16.2 Å². The Kier molecular flexibility index (Phi) is 5.12. The van der Waals surface area contributed by atoms with Crippen LogP contribution >= 0.6 is 11.8 Å².